The second-order valence-corrected chi connectivity index (χ2v) is 7.18. The Bertz CT molecular complexity index is 543. The lowest BCUT2D eigenvalue weighted by Gasteiger charge is -2.46. The molecule has 1 unspecified atom stereocenters. The molecule has 4 heteroatoms. The molecule has 4 nitrogen and oxygen atoms in total. The minimum atomic E-state index is -0.241. The Kier molecular flexibility index (Phi) is 4.33. The van der Waals surface area contributed by atoms with Crippen molar-refractivity contribution in [2.45, 2.75) is 45.3 Å². The largest absolute Gasteiger partial charge is 0.504 e. The van der Waals surface area contributed by atoms with Crippen LogP contribution in [0.25, 0.3) is 0 Å². The minimum absolute atomic E-state index is 0.212. The maximum absolute atomic E-state index is 10.6. The highest BCUT2D eigenvalue weighted by molar-refractivity contribution is 5.48. The quantitative estimate of drug-likeness (QED) is 0.901. The highest BCUT2D eigenvalue weighted by Gasteiger charge is 2.38. The van der Waals surface area contributed by atoms with Gasteiger partial charge >= 0.3 is 0 Å². The normalized spacial score (nSPS) is 28.3. The van der Waals surface area contributed by atoms with E-state index in [2.05, 4.69) is 18.7 Å². The number of nitrogens with zero attached hydrogens (tertiary/aromatic N) is 1. The predicted octanol–water partition coefficient (Wildman–Crippen LogP) is 2.73. The number of hydrogen-bond acceptors (Lipinski definition) is 4. The van der Waals surface area contributed by atoms with Crippen LogP contribution < -0.4 is 4.74 Å². The lowest BCUT2D eigenvalue weighted by atomic mass is 9.79. The molecule has 1 saturated heterocycles. The van der Waals surface area contributed by atoms with Crippen LogP contribution in [0.4, 0.5) is 0 Å². The Morgan fingerprint density at radius 1 is 1.36 bits per heavy atom. The average molecular weight is 305 g/mol. The van der Waals surface area contributed by atoms with E-state index in [1.807, 2.05) is 12.1 Å². The third-order valence-corrected chi connectivity index (χ3v) is 5.16. The van der Waals surface area contributed by atoms with Crippen molar-refractivity contribution in [3.8, 4) is 11.5 Å². The Hall–Kier alpha value is -1.26. The van der Waals surface area contributed by atoms with Crippen LogP contribution in [0.5, 0.6) is 11.5 Å². The number of phenolic OH excluding ortho intramolecular Hbond substituents is 1. The van der Waals surface area contributed by atoms with Gasteiger partial charge in [-0.2, -0.15) is 0 Å². The van der Waals surface area contributed by atoms with Gasteiger partial charge in [0.05, 0.1) is 13.2 Å². The van der Waals surface area contributed by atoms with E-state index in [9.17, 15) is 10.2 Å². The van der Waals surface area contributed by atoms with Gasteiger partial charge in [0.25, 0.3) is 0 Å². The van der Waals surface area contributed by atoms with E-state index in [0.29, 0.717) is 17.6 Å². The van der Waals surface area contributed by atoms with E-state index in [1.165, 1.54) is 11.1 Å². The van der Waals surface area contributed by atoms with Crippen molar-refractivity contribution in [1.82, 2.24) is 4.90 Å². The highest BCUT2D eigenvalue weighted by atomic mass is 16.5. The molecule has 1 fully saturated rings. The predicted molar refractivity (Wildman–Crippen MR) is 86.2 cm³/mol. The fourth-order valence-corrected chi connectivity index (χ4v) is 4.11. The fraction of sp³-hybridized carbons (Fsp3) is 0.667. The summed E-state index contributed by atoms with van der Waals surface area (Å²) in [5.74, 6) is 1.73. The Labute approximate surface area is 132 Å². The molecule has 0 bridgehead atoms. The molecule has 22 heavy (non-hydrogen) atoms. The van der Waals surface area contributed by atoms with Crippen molar-refractivity contribution in [3.63, 3.8) is 0 Å². The van der Waals surface area contributed by atoms with Gasteiger partial charge in [-0.15, -0.1) is 0 Å². The maximum atomic E-state index is 10.6. The topological polar surface area (TPSA) is 52.9 Å². The first-order chi connectivity index (χ1) is 10.5. The molecular weight excluding hydrogens is 278 g/mol. The summed E-state index contributed by atoms with van der Waals surface area (Å²) >= 11 is 0. The third kappa shape index (κ3) is 2.82. The number of hydrogen-bond donors (Lipinski definition) is 2. The molecule has 1 aromatic rings. The van der Waals surface area contributed by atoms with E-state index in [1.54, 1.807) is 7.11 Å². The summed E-state index contributed by atoms with van der Waals surface area (Å²) in [4.78, 5) is 2.50. The van der Waals surface area contributed by atoms with E-state index in [-0.39, 0.29) is 17.9 Å². The summed E-state index contributed by atoms with van der Waals surface area (Å²) in [7, 11) is 1.58. The molecule has 3 atom stereocenters. The number of aromatic hydroxyl groups is 1. The standard InChI is InChI=1S/C18H27NO3/c1-11(2)6-13-10-19-5-4-12-7-17(21)18(22-3)8-14(12)15(19)9-16(13)20/h7-8,11,13,15-16,20-21H,4-6,9-10H2,1-3H3/t13-,15?,16+/m0/s1. The number of piperidine rings is 1. The zero-order chi connectivity index (χ0) is 15.9. The van der Waals surface area contributed by atoms with E-state index >= 15 is 0 Å². The highest BCUT2D eigenvalue weighted by Crippen LogP contribution is 2.43. The molecule has 0 amide bonds. The number of aliphatic hydroxyl groups excluding tert-OH is 1. The number of fused-ring (bicyclic) bond motifs is 3. The van der Waals surface area contributed by atoms with Gasteiger partial charge < -0.3 is 14.9 Å². The number of benzene rings is 1. The molecule has 0 aromatic heterocycles. The summed E-state index contributed by atoms with van der Waals surface area (Å²) in [6.45, 7) is 6.41. The Morgan fingerprint density at radius 3 is 2.82 bits per heavy atom. The molecular formula is C18H27NO3. The van der Waals surface area contributed by atoms with Crippen LogP contribution in [0.15, 0.2) is 12.1 Å². The lowest BCUT2D eigenvalue weighted by Crippen LogP contribution is -2.48. The van der Waals surface area contributed by atoms with E-state index in [0.717, 1.165) is 32.4 Å². The molecule has 3 rings (SSSR count). The molecule has 0 aliphatic carbocycles. The van der Waals surface area contributed by atoms with Crippen LogP contribution in [-0.2, 0) is 6.42 Å². The number of ether oxygens (including phenoxy) is 1. The smallest absolute Gasteiger partial charge is 0.160 e. The number of rotatable bonds is 3. The summed E-state index contributed by atoms with van der Waals surface area (Å²) in [5.41, 5.74) is 2.40. The van der Waals surface area contributed by atoms with Gasteiger partial charge in [0.2, 0.25) is 0 Å². The van der Waals surface area contributed by atoms with Gasteiger partial charge in [-0.25, -0.2) is 0 Å². The molecule has 2 N–H and O–H groups in total. The molecule has 0 radical (unpaired) electrons. The summed E-state index contributed by atoms with van der Waals surface area (Å²) in [5, 5.41) is 20.5. The number of aliphatic hydroxyl groups is 1. The number of phenols is 1. The van der Waals surface area contributed by atoms with E-state index < -0.39 is 0 Å². The second-order valence-electron chi connectivity index (χ2n) is 7.18. The van der Waals surface area contributed by atoms with Crippen molar-refractivity contribution in [1.29, 1.82) is 0 Å². The second kappa shape index (κ2) is 6.09. The molecule has 2 aliphatic rings. The van der Waals surface area contributed by atoms with Crippen LogP contribution in [0, 0.1) is 11.8 Å². The van der Waals surface area contributed by atoms with Gasteiger partial charge in [-0.05, 0) is 54.4 Å². The van der Waals surface area contributed by atoms with Crippen molar-refractivity contribution < 1.29 is 14.9 Å². The van der Waals surface area contributed by atoms with E-state index in [4.69, 9.17) is 4.74 Å². The monoisotopic (exact) mass is 305 g/mol. The first-order valence-electron chi connectivity index (χ1n) is 8.31. The van der Waals surface area contributed by atoms with Crippen molar-refractivity contribution in [3.05, 3.63) is 23.3 Å². The Morgan fingerprint density at radius 2 is 2.14 bits per heavy atom. The molecule has 2 aliphatic heterocycles. The maximum Gasteiger partial charge on any atom is 0.160 e. The number of methoxy groups -OCH3 is 1. The van der Waals surface area contributed by atoms with Gasteiger partial charge in [0.15, 0.2) is 11.5 Å². The van der Waals surface area contributed by atoms with Crippen molar-refractivity contribution >= 4 is 0 Å². The molecule has 0 spiro atoms. The summed E-state index contributed by atoms with van der Waals surface area (Å²) in [6.07, 6.45) is 2.57. The SMILES string of the molecule is COc1cc2c(cc1O)CCN1C[C@H](CC(C)C)[C@H](O)CC21. The molecule has 2 heterocycles. The van der Waals surface area contributed by atoms with Gasteiger partial charge in [-0.3, -0.25) is 4.90 Å². The van der Waals surface area contributed by atoms with Crippen molar-refractivity contribution in [2.24, 2.45) is 11.8 Å². The lowest BCUT2D eigenvalue weighted by molar-refractivity contribution is -0.0191. The first kappa shape index (κ1) is 15.6. The fourth-order valence-electron chi connectivity index (χ4n) is 4.11. The van der Waals surface area contributed by atoms with Crippen molar-refractivity contribution in [2.75, 3.05) is 20.2 Å². The van der Waals surface area contributed by atoms with Crippen LogP contribution >= 0.6 is 0 Å². The van der Waals surface area contributed by atoms with Gasteiger partial charge in [0, 0.05) is 19.1 Å². The zero-order valence-electron chi connectivity index (χ0n) is 13.7. The average Bonchev–Trinajstić information content (AvgIpc) is 2.47. The first-order valence-corrected chi connectivity index (χ1v) is 8.31. The van der Waals surface area contributed by atoms with Crippen LogP contribution in [0.3, 0.4) is 0 Å². The summed E-state index contributed by atoms with van der Waals surface area (Å²) < 4.78 is 5.26. The molecule has 0 saturated carbocycles. The summed E-state index contributed by atoms with van der Waals surface area (Å²) in [6, 6.07) is 4.03. The molecule has 1 aromatic carbocycles. The van der Waals surface area contributed by atoms with Crippen LogP contribution in [0.2, 0.25) is 0 Å². The molecule has 122 valence electrons. The Balaban J connectivity index is 1.86. The van der Waals surface area contributed by atoms with Crippen LogP contribution in [-0.4, -0.2) is 41.4 Å². The van der Waals surface area contributed by atoms with Crippen LogP contribution in [0.1, 0.15) is 43.9 Å². The zero-order valence-corrected chi connectivity index (χ0v) is 13.7. The van der Waals surface area contributed by atoms with Gasteiger partial charge in [0.1, 0.15) is 0 Å². The minimum Gasteiger partial charge on any atom is -0.504 e. The van der Waals surface area contributed by atoms with Gasteiger partial charge in [-0.1, -0.05) is 13.8 Å². The third-order valence-electron chi connectivity index (χ3n) is 5.16.